The maximum Gasteiger partial charge on any atom is 0.255 e. The largest absolute Gasteiger partial charge is 0.359 e. The number of benzene rings is 2. The summed E-state index contributed by atoms with van der Waals surface area (Å²) in [5.41, 5.74) is 3.39. The predicted octanol–water partition coefficient (Wildman–Crippen LogP) is 5.31. The topological polar surface area (TPSA) is 65.2 Å². The summed E-state index contributed by atoms with van der Waals surface area (Å²) >= 11 is 1.62. The number of nitrogens with zero attached hydrogens (tertiary/aromatic N) is 1. The minimum absolute atomic E-state index is 0.0556. The first-order chi connectivity index (χ1) is 14.4. The van der Waals surface area contributed by atoms with Crippen molar-refractivity contribution in [3.63, 3.8) is 0 Å². The zero-order chi connectivity index (χ0) is 20.9. The van der Waals surface area contributed by atoms with E-state index in [-0.39, 0.29) is 11.8 Å². The Morgan fingerprint density at radius 2 is 1.97 bits per heavy atom. The molecule has 2 N–H and O–H groups in total. The van der Waals surface area contributed by atoms with Gasteiger partial charge in [-0.05, 0) is 49.1 Å². The van der Waals surface area contributed by atoms with E-state index in [1.165, 1.54) is 0 Å². The molecule has 0 unspecified atom stereocenters. The third-order valence-electron chi connectivity index (χ3n) is 5.74. The van der Waals surface area contributed by atoms with Crippen LogP contribution in [0.15, 0.2) is 66.2 Å². The van der Waals surface area contributed by atoms with Crippen molar-refractivity contribution in [2.45, 2.75) is 25.8 Å². The van der Waals surface area contributed by atoms with Crippen molar-refractivity contribution in [2.24, 2.45) is 0 Å². The Labute approximate surface area is 178 Å². The van der Waals surface area contributed by atoms with Gasteiger partial charge in [0.1, 0.15) is 0 Å². The number of thiophene rings is 1. The molecule has 1 aliphatic rings. The standard InChI is InChI=1S/C24H21N3O2S/c1-24(2)18-10-9-15(12-21(18)27(23(24)29)14-16-6-5-11-30-16)22(28)26-20-13-25-19-8-4-3-7-17(19)20/h3-13,25H,14H2,1-2H3,(H,26,28). The first-order valence-corrected chi connectivity index (χ1v) is 10.7. The van der Waals surface area contributed by atoms with Gasteiger partial charge in [0, 0.05) is 33.2 Å². The average Bonchev–Trinajstić information content (AvgIpc) is 3.44. The zero-order valence-electron chi connectivity index (χ0n) is 16.7. The predicted molar refractivity (Wildman–Crippen MR) is 121 cm³/mol. The second-order valence-electron chi connectivity index (χ2n) is 8.03. The van der Waals surface area contributed by atoms with Crippen molar-refractivity contribution in [1.29, 1.82) is 0 Å². The number of carbonyl (C=O) groups is 2. The molecule has 0 fully saturated rings. The average molecular weight is 416 g/mol. The first kappa shape index (κ1) is 18.6. The molecular formula is C24H21N3O2S. The molecule has 1 aliphatic heterocycles. The maximum atomic E-state index is 13.1. The summed E-state index contributed by atoms with van der Waals surface area (Å²) in [6.07, 6.45) is 1.80. The molecule has 2 aromatic heterocycles. The summed E-state index contributed by atoms with van der Waals surface area (Å²) in [5.74, 6) is -0.143. The van der Waals surface area contributed by atoms with Crippen LogP contribution in [0.1, 0.15) is 34.6 Å². The van der Waals surface area contributed by atoms with Crippen LogP contribution in [0.3, 0.4) is 0 Å². The number of aromatic nitrogens is 1. The molecule has 30 heavy (non-hydrogen) atoms. The number of amides is 2. The number of aromatic amines is 1. The Kier molecular flexibility index (Phi) is 4.25. The van der Waals surface area contributed by atoms with Crippen LogP contribution in [0.5, 0.6) is 0 Å². The molecule has 0 atom stereocenters. The molecule has 0 saturated carbocycles. The fourth-order valence-electron chi connectivity index (χ4n) is 4.07. The van der Waals surface area contributed by atoms with E-state index in [9.17, 15) is 9.59 Å². The van der Waals surface area contributed by atoms with Crippen LogP contribution >= 0.6 is 11.3 Å². The second-order valence-corrected chi connectivity index (χ2v) is 9.06. The highest BCUT2D eigenvalue weighted by molar-refractivity contribution is 7.09. The number of rotatable bonds is 4. The Morgan fingerprint density at radius 1 is 1.13 bits per heavy atom. The molecule has 5 rings (SSSR count). The number of H-pyrrole nitrogens is 1. The van der Waals surface area contributed by atoms with E-state index in [0.29, 0.717) is 12.1 Å². The monoisotopic (exact) mass is 415 g/mol. The number of nitrogens with one attached hydrogen (secondary N) is 2. The first-order valence-electron chi connectivity index (χ1n) is 9.81. The molecule has 5 nitrogen and oxygen atoms in total. The molecule has 0 bridgehead atoms. The minimum Gasteiger partial charge on any atom is -0.359 e. The quantitative estimate of drug-likeness (QED) is 0.475. The highest BCUT2D eigenvalue weighted by atomic mass is 32.1. The number of para-hydroxylation sites is 1. The van der Waals surface area contributed by atoms with Crippen molar-refractivity contribution in [3.05, 3.63) is 82.2 Å². The van der Waals surface area contributed by atoms with Crippen molar-refractivity contribution >= 4 is 45.4 Å². The van der Waals surface area contributed by atoms with Gasteiger partial charge in [0.05, 0.1) is 17.6 Å². The van der Waals surface area contributed by atoms with Crippen LogP contribution in [0.4, 0.5) is 11.4 Å². The molecule has 2 aromatic carbocycles. The van der Waals surface area contributed by atoms with Crippen molar-refractivity contribution in [3.8, 4) is 0 Å². The molecule has 3 heterocycles. The molecule has 2 amide bonds. The van der Waals surface area contributed by atoms with Crippen molar-refractivity contribution in [1.82, 2.24) is 4.98 Å². The fraction of sp³-hybridized carbons (Fsp3) is 0.167. The summed E-state index contributed by atoms with van der Waals surface area (Å²) in [6, 6.07) is 17.4. The third-order valence-corrected chi connectivity index (χ3v) is 6.60. The van der Waals surface area contributed by atoms with Gasteiger partial charge in [0.2, 0.25) is 5.91 Å². The van der Waals surface area contributed by atoms with Gasteiger partial charge in [0.15, 0.2) is 0 Å². The molecule has 0 spiro atoms. The van der Waals surface area contributed by atoms with Gasteiger partial charge in [-0.1, -0.05) is 30.3 Å². The van der Waals surface area contributed by atoms with E-state index in [2.05, 4.69) is 10.3 Å². The SMILES string of the molecule is CC1(C)C(=O)N(Cc2cccs2)c2cc(C(=O)Nc3c[nH]c4ccccc34)ccc21. The van der Waals surface area contributed by atoms with E-state index in [0.717, 1.165) is 32.7 Å². The van der Waals surface area contributed by atoms with Crippen LogP contribution in [0, 0.1) is 0 Å². The van der Waals surface area contributed by atoms with Crippen LogP contribution < -0.4 is 10.2 Å². The number of anilines is 2. The second kappa shape index (κ2) is 6.85. The molecule has 150 valence electrons. The van der Waals surface area contributed by atoms with E-state index in [4.69, 9.17) is 0 Å². The molecule has 4 aromatic rings. The minimum atomic E-state index is -0.613. The molecule has 0 aliphatic carbocycles. The van der Waals surface area contributed by atoms with Gasteiger partial charge in [-0.25, -0.2) is 0 Å². The third kappa shape index (κ3) is 2.92. The molecule has 6 heteroatoms. The highest BCUT2D eigenvalue weighted by Crippen LogP contribution is 2.43. The Morgan fingerprint density at radius 3 is 2.77 bits per heavy atom. The molecule has 0 radical (unpaired) electrons. The van der Waals surface area contributed by atoms with Gasteiger partial charge in [-0.15, -0.1) is 11.3 Å². The maximum absolute atomic E-state index is 13.1. The van der Waals surface area contributed by atoms with Crippen molar-refractivity contribution < 1.29 is 9.59 Å². The van der Waals surface area contributed by atoms with Crippen molar-refractivity contribution in [2.75, 3.05) is 10.2 Å². The number of hydrogen-bond donors (Lipinski definition) is 2. The molecular weight excluding hydrogens is 394 g/mol. The van der Waals surface area contributed by atoms with E-state index in [1.54, 1.807) is 28.5 Å². The number of carbonyl (C=O) groups excluding carboxylic acids is 2. The van der Waals surface area contributed by atoms with Gasteiger partial charge >= 0.3 is 0 Å². The normalized spacial score (nSPS) is 14.9. The van der Waals surface area contributed by atoms with Crippen LogP contribution in [0.2, 0.25) is 0 Å². The summed E-state index contributed by atoms with van der Waals surface area (Å²) in [4.78, 5) is 32.2. The summed E-state index contributed by atoms with van der Waals surface area (Å²) in [5, 5.41) is 5.96. The van der Waals surface area contributed by atoms with Crippen LogP contribution in [-0.4, -0.2) is 16.8 Å². The summed E-state index contributed by atoms with van der Waals surface area (Å²) < 4.78 is 0. The lowest BCUT2D eigenvalue weighted by molar-refractivity contribution is -0.122. The lowest BCUT2D eigenvalue weighted by Gasteiger charge is -2.19. The highest BCUT2D eigenvalue weighted by Gasteiger charge is 2.44. The fourth-order valence-corrected chi connectivity index (χ4v) is 4.76. The van der Waals surface area contributed by atoms with Gasteiger partial charge < -0.3 is 15.2 Å². The number of hydrogen-bond acceptors (Lipinski definition) is 3. The van der Waals surface area contributed by atoms with Gasteiger partial charge in [-0.3, -0.25) is 9.59 Å². The van der Waals surface area contributed by atoms with E-state index in [1.807, 2.05) is 67.8 Å². The van der Waals surface area contributed by atoms with Crippen LogP contribution in [0.25, 0.3) is 10.9 Å². The Hall–Kier alpha value is -3.38. The Bertz CT molecular complexity index is 1270. The smallest absolute Gasteiger partial charge is 0.255 e. The van der Waals surface area contributed by atoms with Gasteiger partial charge in [-0.2, -0.15) is 0 Å². The Balaban J connectivity index is 1.48. The zero-order valence-corrected chi connectivity index (χ0v) is 17.5. The number of fused-ring (bicyclic) bond motifs is 2. The lowest BCUT2D eigenvalue weighted by Crippen LogP contribution is -2.35. The van der Waals surface area contributed by atoms with Crippen LogP contribution in [-0.2, 0) is 16.8 Å². The summed E-state index contributed by atoms with van der Waals surface area (Å²) in [7, 11) is 0. The van der Waals surface area contributed by atoms with E-state index >= 15 is 0 Å². The summed E-state index contributed by atoms with van der Waals surface area (Å²) in [6.45, 7) is 4.39. The molecule has 0 saturated heterocycles. The van der Waals surface area contributed by atoms with Gasteiger partial charge in [0.25, 0.3) is 5.91 Å². The van der Waals surface area contributed by atoms with E-state index < -0.39 is 5.41 Å². The lowest BCUT2D eigenvalue weighted by atomic mass is 9.86.